The summed E-state index contributed by atoms with van der Waals surface area (Å²) < 4.78 is 36.1. The molecule has 0 spiro atoms. The van der Waals surface area contributed by atoms with Crippen molar-refractivity contribution < 1.29 is 26.9 Å². The first-order valence-electron chi connectivity index (χ1n) is 4.14. The maximum absolute atomic E-state index is 10.9. The van der Waals surface area contributed by atoms with Gasteiger partial charge < -0.3 is 13.7 Å². The highest BCUT2D eigenvalue weighted by Gasteiger charge is 2.15. The Morgan fingerprint density at radius 3 is 2.38 bits per heavy atom. The molecule has 0 aliphatic rings. The van der Waals surface area contributed by atoms with Gasteiger partial charge in [0.25, 0.3) is 6.47 Å². The molecule has 88 valence electrons. The maximum atomic E-state index is 10.9. The van der Waals surface area contributed by atoms with Crippen LogP contribution in [0.2, 0.25) is 0 Å². The van der Waals surface area contributed by atoms with E-state index >= 15 is 0 Å². The van der Waals surface area contributed by atoms with Gasteiger partial charge in [-0.25, -0.2) is 0 Å². The predicted molar refractivity (Wildman–Crippen MR) is 55.2 cm³/mol. The quantitative estimate of drug-likeness (QED) is 0.558. The van der Waals surface area contributed by atoms with E-state index in [1.165, 1.54) is 25.3 Å². The molecule has 0 saturated heterocycles. The van der Waals surface area contributed by atoms with Gasteiger partial charge in [-0.2, -0.15) is 8.42 Å². The molecule has 0 atom stereocenters. The Kier molecular flexibility index (Phi) is 3.73. The summed E-state index contributed by atoms with van der Waals surface area (Å²) in [5, 5.41) is 0. The fourth-order valence-corrected chi connectivity index (χ4v) is 1.53. The van der Waals surface area contributed by atoms with Crippen LogP contribution in [0, 0.1) is 0 Å². The normalized spacial score (nSPS) is 10.6. The van der Waals surface area contributed by atoms with Crippen LogP contribution in [-0.2, 0) is 14.9 Å². The third-order valence-electron chi connectivity index (χ3n) is 1.56. The second-order valence-corrected chi connectivity index (χ2v) is 4.36. The van der Waals surface area contributed by atoms with Gasteiger partial charge in [0.1, 0.15) is 0 Å². The van der Waals surface area contributed by atoms with E-state index in [0.29, 0.717) is 0 Å². The number of rotatable bonds is 5. The third-order valence-corrected chi connectivity index (χ3v) is 2.05. The lowest BCUT2D eigenvalue weighted by Crippen LogP contribution is -2.07. The van der Waals surface area contributed by atoms with Crippen LogP contribution >= 0.6 is 0 Å². The van der Waals surface area contributed by atoms with Crippen molar-refractivity contribution in [3.63, 3.8) is 0 Å². The van der Waals surface area contributed by atoms with Crippen molar-refractivity contribution in [2.75, 3.05) is 13.4 Å². The van der Waals surface area contributed by atoms with E-state index in [2.05, 4.69) is 8.92 Å². The average Bonchev–Trinajstić information content (AvgIpc) is 2.16. The lowest BCUT2D eigenvalue weighted by molar-refractivity contribution is -0.120. The number of para-hydroxylation sites is 1. The zero-order valence-electron chi connectivity index (χ0n) is 8.67. The topological polar surface area (TPSA) is 78.9 Å². The molecule has 0 amide bonds. The summed E-state index contributed by atoms with van der Waals surface area (Å²) in [7, 11) is -2.36. The molecule has 1 rings (SSSR count). The first-order chi connectivity index (χ1) is 7.48. The summed E-state index contributed by atoms with van der Waals surface area (Å²) in [6, 6.07) is 4.31. The van der Waals surface area contributed by atoms with E-state index in [4.69, 9.17) is 4.74 Å². The Bertz CT molecular complexity index is 479. The van der Waals surface area contributed by atoms with Crippen LogP contribution in [0.1, 0.15) is 0 Å². The first kappa shape index (κ1) is 12.3. The van der Waals surface area contributed by atoms with Crippen molar-refractivity contribution in [1.82, 2.24) is 0 Å². The summed E-state index contributed by atoms with van der Waals surface area (Å²) >= 11 is 0. The molecule has 0 N–H and O–H groups in total. The summed E-state index contributed by atoms with van der Waals surface area (Å²) in [4.78, 5) is 10.2. The van der Waals surface area contributed by atoms with Crippen molar-refractivity contribution in [2.24, 2.45) is 0 Å². The standard InChI is InChI=1S/C9H10O6S/c1-13-9-7(14-6-10)4-3-5-8(9)15-16(2,11)12/h3-6H,1-2H3. The SMILES string of the molecule is COc1c(OC=O)cccc1OS(C)(=O)=O. The van der Waals surface area contributed by atoms with E-state index in [9.17, 15) is 13.2 Å². The van der Waals surface area contributed by atoms with Crippen LogP contribution < -0.4 is 13.7 Å². The minimum atomic E-state index is -3.67. The number of ether oxygens (including phenoxy) is 2. The highest BCUT2D eigenvalue weighted by molar-refractivity contribution is 7.86. The highest BCUT2D eigenvalue weighted by Crippen LogP contribution is 2.37. The fraction of sp³-hybridized carbons (Fsp3) is 0.222. The van der Waals surface area contributed by atoms with Crippen LogP contribution in [0.15, 0.2) is 18.2 Å². The van der Waals surface area contributed by atoms with E-state index in [1.807, 2.05) is 0 Å². The minimum absolute atomic E-state index is 0.0376. The van der Waals surface area contributed by atoms with Gasteiger partial charge in [0.05, 0.1) is 13.4 Å². The largest absolute Gasteiger partial charge is 0.490 e. The number of hydrogen-bond acceptors (Lipinski definition) is 6. The van der Waals surface area contributed by atoms with Gasteiger partial charge >= 0.3 is 10.1 Å². The number of hydrogen-bond donors (Lipinski definition) is 0. The lowest BCUT2D eigenvalue weighted by atomic mass is 10.3. The molecule has 16 heavy (non-hydrogen) atoms. The van der Waals surface area contributed by atoms with Crippen LogP contribution in [0.3, 0.4) is 0 Å². The fourth-order valence-electron chi connectivity index (χ4n) is 1.07. The molecule has 0 aliphatic heterocycles. The van der Waals surface area contributed by atoms with Gasteiger partial charge in [-0.05, 0) is 12.1 Å². The monoisotopic (exact) mass is 246 g/mol. The van der Waals surface area contributed by atoms with Crippen LogP contribution in [0.25, 0.3) is 0 Å². The molecule has 7 heteroatoms. The van der Waals surface area contributed by atoms with Crippen molar-refractivity contribution in [1.29, 1.82) is 0 Å². The van der Waals surface area contributed by atoms with Crippen LogP contribution in [-0.4, -0.2) is 28.3 Å². The zero-order chi connectivity index (χ0) is 12.2. The van der Waals surface area contributed by atoms with E-state index in [0.717, 1.165) is 6.26 Å². The van der Waals surface area contributed by atoms with Gasteiger partial charge in [-0.3, -0.25) is 4.79 Å². The van der Waals surface area contributed by atoms with Crippen molar-refractivity contribution in [3.8, 4) is 17.2 Å². The Labute approximate surface area is 92.9 Å². The molecule has 0 unspecified atom stereocenters. The van der Waals surface area contributed by atoms with Gasteiger partial charge in [0.15, 0.2) is 11.5 Å². The Morgan fingerprint density at radius 1 is 1.25 bits per heavy atom. The van der Waals surface area contributed by atoms with Gasteiger partial charge in [0.2, 0.25) is 5.75 Å². The van der Waals surface area contributed by atoms with Gasteiger partial charge in [-0.1, -0.05) is 6.07 Å². The number of methoxy groups -OCH3 is 1. The molecule has 0 bridgehead atoms. The average molecular weight is 246 g/mol. The Morgan fingerprint density at radius 2 is 1.88 bits per heavy atom. The maximum Gasteiger partial charge on any atom is 0.306 e. The molecule has 0 aliphatic carbocycles. The van der Waals surface area contributed by atoms with Gasteiger partial charge in [-0.15, -0.1) is 0 Å². The van der Waals surface area contributed by atoms with Crippen molar-refractivity contribution in [3.05, 3.63) is 18.2 Å². The molecular formula is C9H10O6S. The summed E-state index contributed by atoms with van der Waals surface area (Å²) in [6.45, 7) is 0.210. The summed E-state index contributed by atoms with van der Waals surface area (Å²) in [5.74, 6) is 0.0861. The summed E-state index contributed by atoms with van der Waals surface area (Å²) in [6.07, 6.45) is 0.902. The Hall–Kier alpha value is -1.76. The molecule has 1 aromatic carbocycles. The molecular weight excluding hydrogens is 236 g/mol. The van der Waals surface area contributed by atoms with Crippen molar-refractivity contribution in [2.45, 2.75) is 0 Å². The molecule has 0 saturated carbocycles. The molecule has 0 aromatic heterocycles. The van der Waals surface area contributed by atoms with Gasteiger partial charge in [0, 0.05) is 0 Å². The first-order valence-corrected chi connectivity index (χ1v) is 5.96. The third kappa shape index (κ3) is 3.13. The molecule has 0 fully saturated rings. The molecule has 1 aromatic rings. The molecule has 0 radical (unpaired) electrons. The van der Waals surface area contributed by atoms with E-state index in [-0.39, 0.29) is 23.7 Å². The lowest BCUT2D eigenvalue weighted by Gasteiger charge is -2.10. The number of benzene rings is 1. The van der Waals surface area contributed by atoms with Crippen LogP contribution in [0.4, 0.5) is 0 Å². The molecule has 6 nitrogen and oxygen atoms in total. The van der Waals surface area contributed by atoms with Crippen LogP contribution in [0.5, 0.6) is 17.2 Å². The zero-order valence-corrected chi connectivity index (χ0v) is 9.48. The Balaban J connectivity index is 3.18. The summed E-state index contributed by atoms with van der Waals surface area (Å²) in [5.41, 5.74) is 0. The minimum Gasteiger partial charge on any atom is -0.490 e. The smallest absolute Gasteiger partial charge is 0.306 e. The van der Waals surface area contributed by atoms with E-state index in [1.54, 1.807) is 0 Å². The number of carbonyl (C=O) groups is 1. The second-order valence-electron chi connectivity index (χ2n) is 2.79. The highest BCUT2D eigenvalue weighted by atomic mass is 32.2. The second kappa shape index (κ2) is 4.84. The van der Waals surface area contributed by atoms with Crippen molar-refractivity contribution >= 4 is 16.6 Å². The predicted octanol–water partition coefficient (Wildman–Crippen LogP) is 0.569. The van der Waals surface area contributed by atoms with E-state index < -0.39 is 10.1 Å². The molecule has 0 heterocycles. The number of carbonyl (C=O) groups excluding carboxylic acids is 1.